The molecule has 1 N–H and O–H groups in total. The Labute approximate surface area is 124 Å². The first-order chi connectivity index (χ1) is 9.11. The van der Waals surface area contributed by atoms with Gasteiger partial charge in [-0.05, 0) is 49.9 Å². The highest BCUT2D eigenvalue weighted by Crippen LogP contribution is 2.46. The van der Waals surface area contributed by atoms with Gasteiger partial charge in [0.25, 0.3) is 0 Å². The molecule has 0 radical (unpaired) electrons. The molecule has 0 amide bonds. The van der Waals surface area contributed by atoms with Crippen LogP contribution in [0.15, 0.2) is 18.2 Å². The van der Waals surface area contributed by atoms with Gasteiger partial charge in [0.15, 0.2) is 0 Å². The molecule has 0 aromatic heterocycles. The van der Waals surface area contributed by atoms with Crippen LogP contribution in [0.1, 0.15) is 30.7 Å². The Kier molecular flexibility index (Phi) is 3.78. The lowest BCUT2D eigenvalue weighted by Gasteiger charge is -2.42. The first-order valence-corrected chi connectivity index (χ1v) is 7.65. The molecular formula is C15H19Cl2NO. The molecule has 2 aliphatic heterocycles. The Morgan fingerprint density at radius 2 is 2.05 bits per heavy atom. The summed E-state index contributed by atoms with van der Waals surface area (Å²) in [6.07, 6.45) is 3.55. The number of aliphatic hydroxyl groups is 1. The van der Waals surface area contributed by atoms with E-state index >= 15 is 0 Å². The van der Waals surface area contributed by atoms with Gasteiger partial charge >= 0.3 is 0 Å². The van der Waals surface area contributed by atoms with Gasteiger partial charge in [-0.25, -0.2) is 0 Å². The lowest BCUT2D eigenvalue weighted by molar-refractivity contribution is 0.0592. The first kappa shape index (κ1) is 13.7. The van der Waals surface area contributed by atoms with E-state index in [1.807, 2.05) is 12.1 Å². The Hall–Kier alpha value is -0.280. The van der Waals surface area contributed by atoms with Crippen molar-refractivity contribution in [3.05, 3.63) is 33.8 Å². The van der Waals surface area contributed by atoms with Gasteiger partial charge in [-0.3, -0.25) is 0 Å². The number of hydrogen-bond donors (Lipinski definition) is 1. The van der Waals surface area contributed by atoms with Gasteiger partial charge < -0.3 is 10.0 Å². The molecule has 1 aromatic rings. The predicted molar refractivity (Wildman–Crippen MR) is 79.0 cm³/mol. The van der Waals surface area contributed by atoms with E-state index in [1.54, 1.807) is 0 Å². The molecule has 2 nitrogen and oxygen atoms in total. The minimum atomic E-state index is 0.243. The smallest absolute Gasteiger partial charge is 0.0595 e. The Morgan fingerprint density at radius 1 is 1.26 bits per heavy atom. The van der Waals surface area contributed by atoms with E-state index in [0.29, 0.717) is 34.0 Å². The zero-order chi connectivity index (χ0) is 13.6. The lowest BCUT2D eigenvalue weighted by Crippen LogP contribution is -2.47. The fourth-order valence-electron chi connectivity index (χ4n) is 3.95. The number of nitrogens with zero attached hydrogens (tertiary/aromatic N) is 1. The van der Waals surface area contributed by atoms with Crippen LogP contribution >= 0.6 is 23.2 Å². The summed E-state index contributed by atoms with van der Waals surface area (Å²) in [6.45, 7) is 0.243. The summed E-state index contributed by atoms with van der Waals surface area (Å²) >= 11 is 12.1. The van der Waals surface area contributed by atoms with Crippen LogP contribution in [-0.4, -0.2) is 35.7 Å². The van der Waals surface area contributed by atoms with Crippen LogP contribution in [-0.2, 0) is 0 Å². The van der Waals surface area contributed by atoms with Gasteiger partial charge in [-0.1, -0.05) is 29.3 Å². The van der Waals surface area contributed by atoms with Crippen molar-refractivity contribution >= 4 is 23.2 Å². The molecule has 4 heteroatoms. The Bertz CT molecular complexity index is 479. The molecule has 3 rings (SSSR count). The molecule has 4 atom stereocenters. The van der Waals surface area contributed by atoms with Crippen molar-refractivity contribution in [3.63, 3.8) is 0 Å². The summed E-state index contributed by atoms with van der Waals surface area (Å²) in [5, 5.41) is 11.0. The van der Waals surface area contributed by atoms with Crippen LogP contribution in [0.4, 0.5) is 0 Å². The van der Waals surface area contributed by atoms with Crippen molar-refractivity contribution in [3.8, 4) is 0 Å². The average Bonchev–Trinajstić information content (AvgIpc) is 2.65. The third kappa shape index (κ3) is 2.29. The van der Waals surface area contributed by atoms with Crippen LogP contribution < -0.4 is 0 Å². The third-order valence-electron chi connectivity index (χ3n) is 5.01. The number of piperidine rings is 1. The highest BCUT2D eigenvalue weighted by Gasteiger charge is 2.45. The van der Waals surface area contributed by atoms with E-state index in [0.717, 1.165) is 6.42 Å². The standard InChI is InChI=1S/C15H19Cl2NO/c1-18-10-3-5-15(18)12(8-19)11(7-10)9-2-4-13(16)14(17)6-9/h2,4,6,10-12,15,19H,3,5,7-8H2,1H3/t10-,11+,12+,15+/m1/s1. The van der Waals surface area contributed by atoms with E-state index in [1.165, 1.54) is 18.4 Å². The van der Waals surface area contributed by atoms with Crippen LogP contribution in [0.3, 0.4) is 0 Å². The van der Waals surface area contributed by atoms with E-state index in [4.69, 9.17) is 23.2 Å². The van der Waals surface area contributed by atoms with Gasteiger partial charge in [0.2, 0.25) is 0 Å². The second-order valence-corrected chi connectivity index (χ2v) is 6.64. The molecule has 2 fully saturated rings. The van der Waals surface area contributed by atoms with Crippen molar-refractivity contribution in [2.24, 2.45) is 5.92 Å². The summed E-state index contributed by atoms with van der Waals surface area (Å²) in [6, 6.07) is 7.05. The topological polar surface area (TPSA) is 23.5 Å². The maximum atomic E-state index is 9.80. The van der Waals surface area contributed by atoms with E-state index in [2.05, 4.69) is 18.0 Å². The normalized spacial score (nSPS) is 34.7. The van der Waals surface area contributed by atoms with Crippen LogP contribution in [0.5, 0.6) is 0 Å². The zero-order valence-electron chi connectivity index (χ0n) is 11.0. The van der Waals surface area contributed by atoms with Gasteiger partial charge in [-0.15, -0.1) is 0 Å². The van der Waals surface area contributed by atoms with Crippen LogP contribution in [0, 0.1) is 5.92 Å². The van der Waals surface area contributed by atoms with Crippen molar-refractivity contribution in [1.29, 1.82) is 0 Å². The van der Waals surface area contributed by atoms with Crippen LogP contribution in [0.25, 0.3) is 0 Å². The molecule has 0 aliphatic carbocycles. The fraction of sp³-hybridized carbons (Fsp3) is 0.600. The van der Waals surface area contributed by atoms with E-state index in [9.17, 15) is 5.11 Å². The Morgan fingerprint density at radius 3 is 2.74 bits per heavy atom. The number of hydrogen-bond acceptors (Lipinski definition) is 2. The summed E-state index contributed by atoms with van der Waals surface area (Å²) in [5.41, 5.74) is 1.22. The maximum absolute atomic E-state index is 9.80. The first-order valence-electron chi connectivity index (χ1n) is 6.89. The summed E-state index contributed by atoms with van der Waals surface area (Å²) in [5.74, 6) is 0.703. The molecule has 2 bridgehead atoms. The summed E-state index contributed by atoms with van der Waals surface area (Å²) < 4.78 is 0. The quantitative estimate of drug-likeness (QED) is 0.903. The summed E-state index contributed by atoms with van der Waals surface area (Å²) in [7, 11) is 2.19. The number of fused-ring (bicyclic) bond motifs is 2. The molecule has 19 heavy (non-hydrogen) atoms. The molecule has 1 aromatic carbocycles. The number of aliphatic hydroxyl groups excluding tert-OH is 1. The highest BCUT2D eigenvalue weighted by molar-refractivity contribution is 6.42. The second kappa shape index (κ2) is 5.25. The van der Waals surface area contributed by atoms with Gasteiger partial charge in [0, 0.05) is 24.6 Å². The van der Waals surface area contributed by atoms with E-state index in [-0.39, 0.29) is 6.61 Å². The monoisotopic (exact) mass is 299 g/mol. The molecule has 104 valence electrons. The van der Waals surface area contributed by atoms with Gasteiger partial charge in [0.05, 0.1) is 10.0 Å². The van der Waals surface area contributed by atoms with Crippen LogP contribution in [0.2, 0.25) is 10.0 Å². The van der Waals surface area contributed by atoms with Gasteiger partial charge in [-0.2, -0.15) is 0 Å². The molecule has 2 saturated heterocycles. The lowest BCUT2D eigenvalue weighted by atomic mass is 9.76. The number of rotatable bonds is 2. The molecule has 0 unspecified atom stereocenters. The minimum absolute atomic E-state index is 0.243. The largest absolute Gasteiger partial charge is 0.396 e. The molecule has 2 heterocycles. The van der Waals surface area contributed by atoms with Crippen molar-refractivity contribution in [2.45, 2.75) is 37.3 Å². The maximum Gasteiger partial charge on any atom is 0.0595 e. The Balaban J connectivity index is 1.93. The zero-order valence-corrected chi connectivity index (χ0v) is 12.5. The average molecular weight is 300 g/mol. The van der Waals surface area contributed by atoms with E-state index < -0.39 is 0 Å². The second-order valence-electron chi connectivity index (χ2n) is 5.83. The number of halogens is 2. The molecule has 0 saturated carbocycles. The third-order valence-corrected chi connectivity index (χ3v) is 5.75. The van der Waals surface area contributed by atoms with Crippen molar-refractivity contribution < 1.29 is 5.11 Å². The van der Waals surface area contributed by atoms with Crippen molar-refractivity contribution in [2.75, 3.05) is 13.7 Å². The fourth-order valence-corrected chi connectivity index (χ4v) is 4.26. The minimum Gasteiger partial charge on any atom is -0.396 e. The molecule has 0 spiro atoms. The molecule has 2 aliphatic rings. The molecular weight excluding hydrogens is 281 g/mol. The van der Waals surface area contributed by atoms with Gasteiger partial charge in [0.1, 0.15) is 0 Å². The predicted octanol–water partition coefficient (Wildman–Crippen LogP) is 3.55. The van der Waals surface area contributed by atoms with Crippen molar-refractivity contribution in [1.82, 2.24) is 4.90 Å². The summed E-state index contributed by atoms with van der Waals surface area (Å²) in [4.78, 5) is 2.45. The SMILES string of the molecule is CN1[C@@H]2CC[C@H]1[C@@H](CO)[C@H](c1ccc(Cl)c(Cl)c1)C2. The highest BCUT2D eigenvalue weighted by atomic mass is 35.5. The number of benzene rings is 1.